The van der Waals surface area contributed by atoms with Crippen LogP contribution in [0, 0.1) is 0 Å². The summed E-state index contributed by atoms with van der Waals surface area (Å²) >= 11 is 0. The largest absolute Gasteiger partial charge is 0.456 e. The molecule has 46 heteroatoms. The minimum absolute atomic E-state index is 0. The van der Waals surface area contributed by atoms with Crippen molar-refractivity contribution in [1.82, 2.24) is 115 Å². The Morgan fingerprint density at radius 2 is 0.646 bits per heavy atom. The van der Waals surface area contributed by atoms with Gasteiger partial charge >= 0.3 is 0 Å². The Hall–Kier alpha value is -16.3. The number of H-pyrrole nitrogens is 4. The van der Waals surface area contributed by atoms with Crippen LogP contribution in [0.25, 0.3) is 88.1 Å². The van der Waals surface area contributed by atoms with Gasteiger partial charge in [-0.1, -0.05) is 49.9 Å². The van der Waals surface area contributed by atoms with E-state index in [4.69, 9.17) is 9.47 Å². The van der Waals surface area contributed by atoms with Gasteiger partial charge in [-0.25, -0.2) is 56.7 Å². The summed E-state index contributed by atoms with van der Waals surface area (Å²) in [6.45, 7) is 9.77. The van der Waals surface area contributed by atoms with Crippen molar-refractivity contribution < 1.29 is 50.6 Å². The lowest BCUT2D eigenvalue weighted by atomic mass is 10.0. The molecular weight excluding hydrogens is 1920 g/mol. The Balaban J connectivity index is 0.000000137. The van der Waals surface area contributed by atoms with E-state index in [0.29, 0.717) is 61.3 Å². The molecule has 0 bridgehead atoms. The summed E-state index contributed by atoms with van der Waals surface area (Å²) in [5.41, 5.74) is 16.1. The van der Waals surface area contributed by atoms with E-state index in [2.05, 4.69) is 197 Å². The van der Waals surface area contributed by atoms with E-state index in [1.807, 2.05) is 140 Å². The Bertz CT molecular complexity index is 8010. The molecule has 3 saturated heterocycles. The van der Waals surface area contributed by atoms with Gasteiger partial charge < -0.3 is 35.8 Å². The highest BCUT2D eigenvalue weighted by Crippen LogP contribution is 2.34. The number of carbonyl (C=O) groups is 4. The van der Waals surface area contributed by atoms with Gasteiger partial charge in [-0.15, -0.1) is 0 Å². The molecule has 4 atom stereocenters. The summed E-state index contributed by atoms with van der Waals surface area (Å²) in [5, 5.41) is 51.9. The van der Waals surface area contributed by atoms with Crippen LogP contribution in [0.4, 0.5) is 46.5 Å². The Morgan fingerprint density at radius 3 is 0.938 bits per heavy atom. The first-order valence-corrected chi connectivity index (χ1v) is 53.1. The number of hydrogen-bond donors (Lipinski definition) is 13. The zero-order valence-corrected chi connectivity index (χ0v) is 81.1. The number of carbonyl (C=O) groups excluding carboxylic acids is 4. The van der Waals surface area contributed by atoms with Crippen molar-refractivity contribution in [3.63, 3.8) is 0 Å². The number of para-hydroxylation sites is 1. The maximum atomic E-state index is 13.0. The van der Waals surface area contributed by atoms with Crippen LogP contribution in [0.1, 0.15) is 85.3 Å². The predicted molar refractivity (Wildman–Crippen MR) is 566 cm³/mol. The number of aromatic amines is 4. The number of benzene rings is 5. The molecule has 0 spiro atoms. The summed E-state index contributed by atoms with van der Waals surface area (Å²) in [7, 11) is -10.0. The number of piperidine rings is 1. The number of likely N-dealkylation sites (tertiary alicyclic amines) is 2. The van der Waals surface area contributed by atoms with Crippen LogP contribution >= 0.6 is 0 Å². The van der Waals surface area contributed by atoms with Gasteiger partial charge in [-0.05, 0) is 180 Å². The Kier molecular flexibility index (Phi) is 31.2. The third kappa shape index (κ3) is 27.3. The standard InChI is InChI=1S/C25H28N8O3S.C25H21N7O3S.C24H26N8O3S.C23H24N8O2S.CH4/c1-37(2,36)32-25-27-13-19(14-28-25)29-24(35)23-21-10-17(3-4-22(21)30-31-23)18-9-16(11-26-12-18)15-33-7-5-20(34)6-8-33;1-36(2,34)32-25-27-13-18(14-28-25)29-24(33)23-21-11-16(8-9-22(21)30-31-23)17-10-20(15-26-12-17)35-19-6-4-3-5-7-19;1-36(2,34)31-24-26-13-19(14-27-24)28-23(33)22-20-10-17(3-4-21(20)29-30-22)18-9-16(11-25-12-18)15-32-5-7-35-8-6-32;1-34(2,33)30-23-25-12-18(13-26-23)27-22(32)21-19-9-16(4-5-20(19)28-29-21)17-8-15(10-24-11-17)14-31-6-3-7-31;/h3-4,9-14,20,34H,1,5-8,15H2,2H3,(H,29,35)(H,30,31)(H,27,28,32,36);3-15H,1H2,2H3,(H,29,33)(H,30,31)(H,27,28,32,34);3-4,9-14H,1,5-8,15H2,2H3,(H,28,33)(H,29,30)(H,26,27,31,34);4-5,8-13H,1,3,6-7,14H2,2H3,(H,27,32)(H,28,29)(H,25,26,30,33);1H4. The molecular formula is C98H103N31O11S4. The molecule has 3 aliphatic heterocycles. The lowest BCUT2D eigenvalue weighted by Crippen LogP contribution is -2.36. The second-order valence-electron chi connectivity index (χ2n) is 34.4. The van der Waals surface area contributed by atoms with Gasteiger partial charge in [0.25, 0.3) is 23.6 Å². The monoisotopic (exact) mass is 2020 g/mol. The van der Waals surface area contributed by atoms with E-state index in [9.17, 15) is 41.1 Å². The summed E-state index contributed by atoms with van der Waals surface area (Å²) in [6.07, 6.45) is 34.2. The fourth-order valence-electron chi connectivity index (χ4n) is 15.4. The van der Waals surface area contributed by atoms with Crippen LogP contribution in [0.2, 0.25) is 0 Å². The zero-order valence-electron chi connectivity index (χ0n) is 77.8. The molecule has 3 fully saturated rings. The molecule has 5 aromatic carbocycles. The first kappa shape index (κ1) is 101. The van der Waals surface area contributed by atoms with Gasteiger partial charge in [-0.2, -0.15) is 20.4 Å². The van der Waals surface area contributed by atoms with Crippen molar-refractivity contribution in [2.75, 3.05) is 118 Å². The highest BCUT2D eigenvalue weighted by atomic mass is 32.2. The number of rotatable bonds is 28. The molecule has 144 heavy (non-hydrogen) atoms. The van der Waals surface area contributed by atoms with E-state index >= 15 is 0 Å². The second-order valence-corrected chi connectivity index (χ2v) is 43.2. The number of anilines is 8. The normalized spacial score (nSPS) is 15.0. The number of nitrogens with zero attached hydrogens (tertiary/aromatic N) is 19. The molecule has 0 saturated carbocycles. The molecule has 15 heterocycles. The first-order chi connectivity index (χ1) is 68.7. The zero-order chi connectivity index (χ0) is 99.9. The number of aliphatic hydroxyl groups is 1. The number of fused-ring (bicyclic) bond motifs is 4. The van der Waals surface area contributed by atoms with Gasteiger partial charge in [0, 0.05) is 197 Å². The smallest absolute Gasteiger partial charge is 0.276 e. The number of pyridine rings is 4. The van der Waals surface area contributed by atoms with Crippen LogP contribution in [0.5, 0.6) is 11.5 Å². The summed E-state index contributed by atoms with van der Waals surface area (Å²) in [5.74, 6) is 14.3. The average molecular weight is 2020 g/mol. The molecule has 12 aromatic heterocycles. The third-order valence-corrected chi connectivity index (χ3v) is 24.7. The molecule has 0 aliphatic carbocycles. The van der Waals surface area contributed by atoms with Gasteiger partial charge in [0.1, 0.15) is 11.5 Å². The third-order valence-electron chi connectivity index (χ3n) is 22.2. The van der Waals surface area contributed by atoms with Crippen molar-refractivity contribution in [1.29, 1.82) is 0 Å². The van der Waals surface area contributed by atoms with Crippen molar-refractivity contribution in [2.24, 2.45) is 0 Å². The number of ether oxygens (including phenoxy) is 2. The average Bonchev–Trinajstić information content (AvgIpc) is 1.66. The second kappa shape index (κ2) is 44.6. The molecule has 4 amide bonds. The minimum atomic E-state index is -2.51. The highest BCUT2D eigenvalue weighted by molar-refractivity contribution is 8.01. The number of aliphatic hydroxyl groups excluding tert-OH is 1. The van der Waals surface area contributed by atoms with E-state index in [-0.39, 0.29) is 60.1 Å². The molecule has 20 rings (SSSR count). The number of morpholine rings is 1. The van der Waals surface area contributed by atoms with Crippen molar-refractivity contribution in [3.05, 3.63) is 266 Å². The predicted octanol–water partition coefficient (Wildman–Crippen LogP) is 11.8. The van der Waals surface area contributed by atoms with Crippen molar-refractivity contribution in [3.8, 4) is 56.0 Å². The topological polar surface area (TPSA) is 551 Å². The molecule has 4 unspecified atom stereocenters. The molecule has 13 N–H and O–H groups in total. The molecule has 0 radical (unpaired) electrons. The van der Waals surface area contributed by atoms with Gasteiger partial charge in [-0.3, -0.25) is 93.1 Å². The van der Waals surface area contributed by atoms with Gasteiger partial charge in [0.2, 0.25) is 23.8 Å². The first-order valence-electron chi connectivity index (χ1n) is 44.6. The summed E-state index contributed by atoms with van der Waals surface area (Å²) in [6, 6.07) is 40.7. The maximum Gasteiger partial charge on any atom is 0.276 e. The molecule has 3 aliphatic rings. The number of aromatic nitrogens is 20. The van der Waals surface area contributed by atoms with Crippen LogP contribution in [0.15, 0.2) is 227 Å². The van der Waals surface area contributed by atoms with Gasteiger partial charge in [0.05, 0.1) is 120 Å². The van der Waals surface area contributed by atoms with Crippen molar-refractivity contribution in [2.45, 2.75) is 52.4 Å². The molecule has 42 nitrogen and oxygen atoms in total. The van der Waals surface area contributed by atoms with Crippen LogP contribution in [-0.4, -0.2) is 268 Å². The van der Waals surface area contributed by atoms with E-state index in [1.165, 1.54) is 81.0 Å². The summed E-state index contributed by atoms with van der Waals surface area (Å²) in [4.78, 5) is 109. The highest BCUT2D eigenvalue weighted by Gasteiger charge is 2.25. The van der Waals surface area contributed by atoms with Gasteiger partial charge in [0.15, 0.2) is 22.8 Å². The summed E-state index contributed by atoms with van der Waals surface area (Å²) < 4.78 is 68.7. The number of amides is 4. The van der Waals surface area contributed by atoms with E-state index < -0.39 is 62.5 Å². The number of nitrogens with one attached hydrogen (secondary N) is 12. The SMILES string of the molecule is C.C=S(C)(=O)Nc1ncc(NC(=O)c2n[nH]c3ccc(-c4cncc(CN5CCC(O)CC5)c4)cc23)cn1.C=S(C)(=O)Nc1ncc(NC(=O)c2n[nH]c3ccc(-c4cncc(CN5CCC5)c4)cc23)cn1.C=S(C)(=O)Nc1ncc(NC(=O)c2n[nH]c3ccc(-c4cncc(CN5CCOCC5)c4)cc23)cn1.C=S(C)(=O)Nc1ncc(NC(=O)c2n[nH]c3ccc(-c4cncc(Oc5ccccc5)c4)cc23)cn1. The fourth-order valence-corrected chi connectivity index (χ4v) is 17.4. The van der Waals surface area contributed by atoms with E-state index in [0.717, 1.165) is 163 Å². The van der Waals surface area contributed by atoms with Crippen LogP contribution in [-0.2, 0) is 63.2 Å². The Morgan fingerprint density at radius 1 is 0.361 bits per heavy atom. The lowest BCUT2D eigenvalue weighted by Gasteiger charge is -2.30. The fraction of sp³-hybridized carbons (Fsp3) is 0.204. The molecule has 740 valence electrons. The quantitative estimate of drug-likeness (QED) is 0.0203. The minimum Gasteiger partial charge on any atom is -0.456 e. The molecule has 17 aromatic rings. The Labute approximate surface area is 828 Å². The number of hydrogen-bond acceptors (Lipinski definition) is 30. The lowest BCUT2D eigenvalue weighted by molar-refractivity contribution is 0.0341. The maximum absolute atomic E-state index is 13.0. The van der Waals surface area contributed by atoms with E-state index in [1.54, 1.807) is 18.6 Å². The van der Waals surface area contributed by atoms with Crippen molar-refractivity contribution >= 4 is 176 Å². The van der Waals surface area contributed by atoms with Crippen LogP contribution < -0.4 is 44.9 Å². The van der Waals surface area contributed by atoms with Crippen LogP contribution in [0.3, 0.4) is 0 Å².